The lowest BCUT2D eigenvalue weighted by Gasteiger charge is -2.09. The van der Waals surface area contributed by atoms with Crippen LogP contribution in [-0.4, -0.2) is 30.3 Å². The van der Waals surface area contributed by atoms with E-state index < -0.39 is 11.7 Å². The predicted molar refractivity (Wildman–Crippen MR) is 114 cm³/mol. The van der Waals surface area contributed by atoms with Gasteiger partial charge in [-0.15, -0.1) is 5.10 Å². The summed E-state index contributed by atoms with van der Waals surface area (Å²) in [6, 6.07) is 10.2. The number of carbonyl (C=O) groups excluding carboxylic acids is 1. The Morgan fingerprint density at radius 1 is 1.06 bits per heavy atom. The summed E-state index contributed by atoms with van der Waals surface area (Å²) >= 11 is 0.975. The van der Waals surface area contributed by atoms with Crippen LogP contribution in [0.5, 0.6) is 0 Å². The molecule has 0 aliphatic carbocycles. The minimum Gasteiger partial charge on any atom is -0.297 e. The van der Waals surface area contributed by atoms with E-state index in [2.05, 4.69) is 25.0 Å². The van der Waals surface area contributed by atoms with E-state index in [1.54, 1.807) is 19.1 Å². The fourth-order valence-electron chi connectivity index (χ4n) is 3.02. The quantitative estimate of drug-likeness (QED) is 0.466. The van der Waals surface area contributed by atoms with Gasteiger partial charge in [0.1, 0.15) is 0 Å². The van der Waals surface area contributed by atoms with Gasteiger partial charge >= 0.3 is 6.18 Å². The number of aryl methyl sites for hydroxylation is 2. The minimum absolute atomic E-state index is 0.217. The van der Waals surface area contributed by atoms with Crippen molar-refractivity contribution in [2.24, 2.45) is 0 Å². The smallest absolute Gasteiger partial charge is 0.297 e. The average Bonchev–Trinajstić information content (AvgIpc) is 3.35. The summed E-state index contributed by atoms with van der Waals surface area (Å²) in [5.74, 6) is -0.0961. The third-order valence-corrected chi connectivity index (χ3v) is 5.57. The molecular formula is C21H17F3N6OS. The summed E-state index contributed by atoms with van der Waals surface area (Å²) in [5.41, 5.74) is 2.79. The van der Waals surface area contributed by atoms with Gasteiger partial charge in [-0.2, -0.15) is 22.5 Å². The summed E-state index contributed by atoms with van der Waals surface area (Å²) in [5, 5.41) is 11.0. The molecule has 0 bridgehead atoms. The van der Waals surface area contributed by atoms with Gasteiger partial charge in [0.25, 0.3) is 5.91 Å². The summed E-state index contributed by atoms with van der Waals surface area (Å²) in [4.78, 5) is 16.8. The molecule has 2 aromatic heterocycles. The average molecular weight is 458 g/mol. The van der Waals surface area contributed by atoms with Gasteiger partial charge < -0.3 is 0 Å². The molecule has 0 unspecified atom stereocenters. The standard InChI is InChI=1S/C21H17F3N6OS/c1-11-7-8-14(9-12(11)2)19(31)26-20-25-18(28-32-20)17-13(3)30(29-27-17)16-6-4-5-15(10-16)21(22,23)24/h4-10H,1-3H3,(H,25,26,28,31). The first-order chi connectivity index (χ1) is 15.1. The Bertz CT molecular complexity index is 1310. The maximum absolute atomic E-state index is 13.0. The number of halogens is 3. The Balaban J connectivity index is 1.57. The number of anilines is 1. The van der Waals surface area contributed by atoms with E-state index in [0.717, 1.165) is 34.8 Å². The van der Waals surface area contributed by atoms with E-state index >= 15 is 0 Å². The molecule has 1 N–H and O–H groups in total. The second-order valence-corrected chi connectivity index (χ2v) is 7.91. The summed E-state index contributed by atoms with van der Waals surface area (Å²) < 4.78 is 44.6. The second-order valence-electron chi connectivity index (χ2n) is 7.16. The third kappa shape index (κ3) is 4.24. The van der Waals surface area contributed by atoms with Crippen molar-refractivity contribution in [3.8, 4) is 17.2 Å². The topological polar surface area (TPSA) is 85.6 Å². The van der Waals surface area contributed by atoms with Gasteiger partial charge in [-0.05, 0) is 62.2 Å². The van der Waals surface area contributed by atoms with Gasteiger partial charge in [-0.1, -0.05) is 17.3 Å². The molecule has 11 heteroatoms. The molecule has 0 atom stereocenters. The van der Waals surface area contributed by atoms with Gasteiger partial charge in [0.15, 0.2) is 11.5 Å². The highest BCUT2D eigenvalue weighted by atomic mass is 32.1. The van der Waals surface area contributed by atoms with Gasteiger partial charge in [-0.3, -0.25) is 10.1 Å². The number of benzene rings is 2. The lowest BCUT2D eigenvalue weighted by Crippen LogP contribution is -2.12. The largest absolute Gasteiger partial charge is 0.416 e. The van der Waals surface area contributed by atoms with Crippen LogP contribution in [0.25, 0.3) is 17.2 Å². The molecule has 0 spiro atoms. The second kappa shape index (κ2) is 8.15. The molecule has 32 heavy (non-hydrogen) atoms. The Labute approximate surface area is 185 Å². The summed E-state index contributed by atoms with van der Waals surface area (Å²) in [6.45, 7) is 5.54. The van der Waals surface area contributed by atoms with Crippen molar-refractivity contribution in [2.75, 3.05) is 5.32 Å². The molecule has 0 fully saturated rings. The Hall–Kier alpha value is -3.60. The molecule has 7 nitrogen and oxygen atoms in total. The number of nitrogens with zero attached hydrogens (tertiary/aromatic N) is 5. The Morgan fingerprint density at radius 2 is 1.84 bits per heavy atom. The first-order valence-electron chi connectivity index (χ1n) is 9.46. The number of rotatable bonds is 4. The number of hydrogen-bond acceptors (Lipinski definition) is 6. The first kappa shape index (κ1) is 21.6. The highest BCUT2D eigenvalue weighted by Gasteiger charge is 2.31. The molecular weight excluding hydrogens is 441 g/mol. The van der Waals surface area contributed by atoms with E-state index in [1.807, 2.05) is 19.9 Å². The number of carbonyl (C=O) groups is 1. The molecule has 2 aromatic carbocycles. The molecule has 0 radical (unpaired) electrons. The monoisotopic (exact) mass is 458 g/mol. The van der Waals surface area contributed by atoms with Crippen LogP contribution in [-0.2, 0) is 6.18 Å². The fraction of sp³-hybridized carbons (Fsp3) is 0.190. The van der Waals surface area contributed by atoms with Crippen molar-refractivity contribution < 1.29 is 18.0 Å². The molecule has 2 heterocycles. The fourth-order valence-corrected chi connectivity index (χ4v) is 3.58. The van der Waals surface area contributed by atoms with E-state index in [9.17, 15) is 18.0 Å². The first-order valence-corrected chi connectivity index (χ1v) is 10.2. The number of amides is 1. The molecule has 164 valence electrons. The SMILES string of the molecule is Cc1ccc(C(=O)Nc2nc(-c3nnn(-c4cccc(C(F)(F)F)c4)c3C)ns2)cc1C. The van der Waals surface area contributed by atoms with Crippen molar-refractivity contribution in [3.05, 3.63) is 70.4 Å². The molecule has 0 aliphatic heterocycles. The molecule has 0 saturated carbocycles. The Morgan fingerprint density at radius 3 is 2.56 bits per heavy atom. The zero-order chi connectivity index (χ0) is 23.0. The van der Waals surface area contributed by atoms with E-state index in [-0.39, 0.29) is 22.6 Å². The lowest BCUT2D eigenvalue weighted by molar-refractivity contribution is -0.137. The summed E-state index contributed by atoms with van der Waals surface area (Å²) in [7, 11) is 0. The Kier molecular flexibility index (Phi) is 5.51. The molecule has 4 rings (SSSR count). The van der Waals surface area contributed by atoms with Crippen molar-refractivity contribution in [1.29, 1.82) is 0 Å². The van der Waals surface area contributed by atoms with Crippen molar-refractivity contribution in [2.45, 2.75) is 26.9 Å². The number of hydrogen-bond donors (Lipinski definition) is 1. The van der Waals surface area contributed by atoms with Gasteiger partial charge in [0.05, 0.1) is 16.9 Å². The number of aromatic nitrogens is 5. The van der Waals surface area contributed by atoms with Crippen LogP contribution in [0.2, 0.25) is 0 Å². The maximum atomic E-state index is 13.0. The minimum atomic E-state index is -4.47. The lowest BCUT2D eigenvalue weighted by atomic mass is 10.1. The van der Waals surface area contributed by atoms with Crippen LogP contribution in [0.4, 0.5) is 18.3 Å². The highest BCUT2D eigenvalue weighted by Crippen LogP contribution is 2.31. The van der Waals surface area contributed by atoms with Crippen LogP contribution in [0.3, 0.4) is 0 Å². The third-order valence-electron chi connectivity index (χ3n) is 4.94. The number of alkyl halides is 3. The van der Waals surface area contributed by atoms with Gasteiger partial charge in [-0.25, -0.2) is 4.68 Å². The van der Waals surface area contributed by atoms with E-state index in [4.69, 9.17) is 0 Å². The van der Waals surface area contributed by atoms with Gasteiger partial charge in [0.2, 0.25) is 5.13 Å². The van der Waals surface area contributed by atoms with Crippen LogP contribution in [0, 0.1) is 20.8 Å². The highest BCUT2D eigenvalue weighted by molar-refractivity contribution is 7.10. The molecule has 0 saturated heterocycles. The van der Waals surface area contributed by atoms with Crippen molar-refractivity contribution in [1.82, 2.24) is 24.4 Å². The van der Waals surface area contributed by atoms with Gasteiger partial charge in [0, 0.05) is 17.1 Å². The van der Waals surface area contributed by atoms with Crippen LogP contribution < -0.4 is 5.32 Å². The predicted octanol–water partition coefficient (Wildman–Crippen LogP) is 4.98. The molecule has 0 aliphatic rings. The van der Waals surface area contributed by atoms with E-state index in [0.29, 0.717) is 17.0 Å². The zero-order valence-electron chi connectivity index (χ0n) is 17.2. The maximum Gasteiger partial charge on any atom is 0.416 e. The molecule has 4 aromatic rings. The van der Waals surface area contributed by atoms with Crippen LogP contribution in [0.15, 0.2) is 42.5 Å². The van der Waals surface area contributed by atoms with Crippen LogP contribution >= 0.6 is 11.5 Å². The van der Waals surface area contributed by atoms with Crippen molar-refractivity contribution >= 4 is 22.6 Å². The molecule has 1 amide bonds. The number of nitrogens with one attached hydrogen (secondary N) is 1. The zero-order valence-corrected chi connectivity index (χ0v) is 18.0. The summed E-state index contributed by atoms with van der Waals surface area (Å²) in [6.07, 6.45) is -4.47. The van der Waals surface area contributed by atoms with Crippen LogP contribution in [0.1, 0.15) is 32.7 Å². The van der Waals surface area contributed by atoms with E-state index in [1.165, 1.54) is 16.8 Å². The normalized spacial score (nSPS) is 11.6. The van der Waals surface area contributed by atoms with Crippen molar-refractivity contribution in [3.63, 3.8) is 0 Å².